The zero-order valence-electron chi connectivity index (χ0n) is 20.3. The number of benzene rings is 1. The summed E-state index contributed by atoms with van der Waals surface area (Å²) < 4.78 is 5.55. The predicted octanol–water partition coefficient (Wildman–Crippen LogP) is 1.20. The van der Waals surface area contributed by atoms with Gasteiger partial charge in [0.05, 0.1) is 12.5 Å². The van der Waals surface area contributed by atoms with Crippen LogP contribution in [0.15, 0.2) is 30.3 Å². The van der Waals surface area contributed by atoms with E-state index in [-0.39, 0.29) is 13.0 Å². The molecule has 12 nitrogen and oxygen atoms in total. The summed E-state index contributed by atoms with van der Waals surface area (Å²) in [6.07, 6.45) is -1.29. The maximum atomic E-state index is 13.8. The lowest BCUT2D eigenvalue weighted by atomic mass is 9.75. The van der Waals surface area contributed by atoms with Crippen LogP contribution < -0.4 is 10.4 Å². The minimum absolute atomic E-state index is 0.0953. The molecule has 1 aromatic rings. The Morgan fingerprint density at radius 1 is 0.972 bits per heavy atom. The van der Waals surface area contributed by atoms with Gasteiger partial charge in [0.1, 0.15) is 11.6 Å². The fourth-order valence-corrected chi connectivity index (χ4v) is 5.46. The Balaban J connectivity index is 1.53. The number of nitrogens with zero attached hydrogens (tertiary/aromatic N) is 4. The number of carboxylic acid groups (broad SMARTS) is 1. The maximum Gasteiger partial charge on any atom is 0.410 e. The smallest absolute Gasteiger partial charge is 0.410 e. The van der Waals surface area contributed by atoms with Crippen molar-refractivity contribution in [1.29, 1.82) is 0 Å². The van der Waals surface area contributed by atoms with E-state index in [2.05, 4.69) is 4.90 Å². The number of anilines is 1. The number of carbonyl (C=O) groups excluding carboxylic acids is 3. The number of nitrogens with one attached hydrogen (secondary N) is 1. The van der Waals surface area contributed by atoms with Crippen LogP contribution in [0.2, 0.25) is 0 Å². The lowest BCUT2D eigenvalue weighted by Gasteiger charge is -2.50. The van der Waals surface area contributed by atoms with Crippen LogP contribution >= 0.6 is 0 Å². The highest BCUT2D eigenvalue weighted by Gasteiger charge is 2.58. The normalized spacial score (nSPS) is 26.5. The fourth-order valence-electron chi connectivity index (χ4n) is 5.46. The molecule has 4 amide bonds. The second-order valence-electron chi connectivity index (χ2n) is 9.62. The van der Waals surface area contributed by atoms with E-state index in [9.17, 15) is 29.5 Å². The molecule has 36 heavy (non-hydrogen) atoms. The van der Waals surface area contributed by atoms with Gasteiger partial charge in [-0.1, -0.05) is 18.2 Å². The maximum absolute atomic E-state index is 13.8. The molecule has 3 heterocycles. The molecule has 196 valence electrons. The van der Waals surface area contributed by atoms with Crippen molar-refractivity contribution in [2.24, 2.45) is 5.92 Å². The molecule has 0 radical (unpaired) electrons. The standard InChI is InChI=1S/C24H33N5O7/c1-24(21(31)27-13-11-26(12-14-27)17-7-3-2-4-8-17)19(20(30)25-35)15-18(16-29(24)22(32)33)36-23(34)28-9-5-6-10-28/h2-4,7-8,18-19,35H,5-6,9-16H2,1H3,(H,25,30)(H,32,33)/t18?,19-,24+/m1/s1. The van der Waals surface area contributed by atoms with Crippen molar-refractivity contribution in [2.45, 2.75) is 37.8 Å². The zero-order chi connectivity index (χ0) is 25.9. The molecule has 0 spiro atoms. The summed E-state index contributed by atoms with van der Waals surface area (Å²) >= 11 is 0. The van der Waals surface area contributed by atoms with Crippen molar-refractivity contribution in [3.63, 3.8) is 0 Å². The monoisotopic (exact) mass is 503 g/mol. The Labute approximate surface area is 209 Å². The molecular formula is C24H33N5O7. The molecule has 4 rings (SSSR count). The van der Waals surface area contributed by atoms with E-state index >= 15 is 0 Å². The zero-order valence-corrected chi connectivity index (χ0v) is 20.3. The van der Waals surface area contributed by atoms with E-state index < -0.39 is 41.6 Å². The van der Waals surface area contributed by atoms with Gasteiger partial charge in [-0.15, -0.1) is 0 Å². The number of para-hydroxylation sites is 1. The fraction of sp³-hybridized carbons (Fsp3) is 0.583. The van der Waals surface area contributed by atoms with Gasteiger partial charge in [0, 0.05) is 51.4 Å². The number of amides is 4. The molecule has 12 heteroatoms. The van der Waals surface area contributed by atoms with Gasteiger partial charge < -0.3 is 24.5 Å². The van der Waals surface area contributed by atoms with Gasteiger partial charge in [0.15, 0.2) is 0 Å². The topological polar surface area (TPSA) is 143 Å². The van der Waals surface area contributed by atoms with Crippen molar-refractivity contribution >= 4 is 29.7 Å². The minimum atomic E-state index is -1.79. The van der Waals surface area contributed by atoms with Gasteiger partial charge in [-0.3, -0.25) is 19.7 Å². The van der Waals surface area contributed by atoms with Crippen LogP contribution in [0.1, 0.15) is 26.2 Å². The molecule has 3 N–H and O–H groups in total. The first kappa shape index (κ1) is 25.5. The summed E-state index contributed by atoms with van der Waals surface area (Å²) in [6, 6.07) is 9.77. The first-order valence-electron chi connectivity index (χ1n) is 12.2. The molecule has 0 aliphatic carbocycles. The first-order valence-corrected chi connectivity index (χ1v) is 12.2. The highest BCUT2D eigenvalue weighted by atomic mass is 16.6. The molecule has 3 aliphatic heterocycles. The number of piperazine rings is 1. The van der Waals surface area contributed by atoms with Crippen molar-refractivity contribution in [2.75, 3.05) is 50.7 Å². The number of hydroxylamine groups is 1. The number of piperidine rings is 1. The van der Waals surface area contributed by atoms with E-state index in [4.69, 9.17) is 4.74 Å². The van der Waals surface area contributed by atoms with E-state index in [0.29, 0.717) is 39.3 Å². The van der Waals surface area contributed by atoms with Gasteiger partial charge in [-0.25, -0.2) is 15.1 Å². The molecule has 1 aromatic carbocycles. The lowest BCUT2D eigenvalue weighted by Crippen LogP contribution is -2.71. The second kappa shape index (κ2) is 10.6. The first-order chi connectivity index (χ1) is 17.3. The summed E-state index contributed by atoms with van der Waals surface area (Å²) in [4.78, 5) is 57.6. The van der Waals surface area contributed by atoms with Crippen LogP contribution in [-0.2, 0) is 14.3 Å². The molecular weight excluding hydrogens is 470 g/mol. The SMILES string of the molecule is C[C@@]1(C(=O)N2CCN(c3ccccc3)CC2)[C@@H](C(=O)NO)CC(OC(=O)N2CCCC2)CN1C(=O)O. The van der Waals surface area contributed by atoms with Gasteiger partial charge >= 0.3 is 12.2 Å². The summed E-state index contributed by atoms with van der Waals surface area (Å²) in [7, 11) is 0. The summed E-state index contributed by atoms with van der Waals surface area (Å²) in [6.45, 7) is 4.05. The third kappa shape index (κ3) is 4.90. The number of hydrogen-bond acceptors (Lipinski definition) is 7. The number of carbonyl (C=O) groups is 4. The van der Waals surface area contributed by atoms with Crippen molar-refractivity contribution < 1.29 is 34.2 Å². The van der Waals surface area contributed by atoms with E-state index in [1.165, 1.54) is 11.8 Å². The van der Waals surface area contributed by atoms with Crippen molar-refractivity contribution in [3.05, 3.63) is 30.3 Å². The van der Waals surface area contributed by atoms with Crippen LogP contribution in [0.3, 0.4) is 0 Å². The van der Waals surface area contributed by atoms with Crippen LogP contribution in [-0.4, -0.2) is 106 Å². The predicted molar refractivity (Wildman–Crippen MR) is 127 cm³/mol. The average molecular weight is 504 g/mol. The van der Waals surface area contributed by atoms with Crippen LogP contribution in [0, 0.1) is 5.92 Å². The summed E-state index contributed by atoms with van der Waals surface area (Å²) in [5.41, 5.74) is 0.817. The molecule has 3 saturated heterocycles. The Morgan fingerprint density at radius 2 is 1.61 bits per heavy atom. The van der Waals surface area contributed by atoms with Crippen LogP contribution in [0.4, 0.5) is 15.3 Å². The summed E-state index contributed by atoms with van der Waals surface area (Å²) in [5.74, 6) is -2.68. The van der Waals surface area contributed by atoms with E-state index in [1.54, 1.807) is 10.4 Å². The second-order valence-corrected chi connectivity index (χ2v) is 9.62. The van der Waals surface area contributed by atoms with Crippen LogP contribution in [0.25, 0.3) is 0 Å². The highest BCUT2D eigenvalue weighted by Crippen LogP contribution is 2.37. The molecule has 0 bridgehead atoms. The van der Waals surface area contributed by atoms with Crippen molar-refractivity contribution in [1.82, 2.24) is 20.2 Å². The summed E-state index contributed by atoms with van der Waals surface area (Å²) in [5, 5.41) is 19.5. The average Bonchev–Trinajstić information content (AvgIpc) is 3.44. The van der Waals surface area contributed by atoms with E-state index in [1.807, 2.05) is 30.3 Å². The molecule has 3 aliphatic rings. The Bertz CT molecular complexity index is 978. The van der Waals surface area contributed by atoms with Gasteiger partial charge in [-0.05, 0) is 31.9 Å². The van der Waals surface area contributed by atoms with Crippen LogP contribution in [0.5, 0.6) is 0 Å². The third-order valence-corrected chi connectivity index (χ3v) is 7.53. The molecule has 0 saturated carbocycles. The van der Waals surface area contributed by atoms with Gasteiger partial charge in [-0.2, -0.15) is 0 Å². The number of ether oxygens (including phenoxy) is 1. The number of likely N-dealkylation sites (tertiary alicyclic amines) is 2. The number of hydrogen-bond donors (Lipinski definition) is 3. The molecule has 0 aromatic heterocycles. The Morgan fingerprint density at radius 3 is 2.19 bits per heavy atom. The van der Waals surface area contributed by atoms with Gasteiger partial charge in [0.25, 0.3) is 0 Å². The molecule has 3 fully saturated rings. The largest absolute Gasteiger partial charge is 0.465 e. The van der Waals surface area contributed by atoms with E-state index in [0.717, 1.165) is 23.4 Å². The highest BCUT2D eigenvalue weighted by molar-refractivity contribution is 5.96. The Hall–Kier alpha value is -3.54. The Kier molecular flexibility index (Phi) is 7.53. The quantitative estimate of drug-likeness (QED) is 0.411. The lowest BCUT2D eigenvalue weighted by molar-refractivity contribution is -0.162. The molecule has 1 unspecified atom stereocenters. The third-order valence-electron chi connectivity index (χ3n) is 7.53. The number of rotatable bonds is 4. The van der Waals surface area contributed by atoms with Gasteiger partial charge in [0.2, 0.25) is 11.8 Å². The minimum Gasteiger partial charge on any atom is -0.465 e. The van der Waals surface area contributed by atoms with Crippen molar-refractivity contribution in [3.8, 4) is 0 Å². The molecule has 3 atom stereocenters.